The van der Waals surface area contributed by atoms with Gasteiger partial charge in [-0.05, 0) is 39.2 Å². The lowest BCUT2D eigenvalue weighted by Gasteiger charge is -2.74. The number of nitrogens with one attached hydrogen (secondary N) is 2. The summed E-state index contributed by atoms with van der Waals surface area (Å²) >= 11 is 0. The summed E-state index contributed by atoms with van der Waals surface area (Å²) in [4.78, 5) is 15.0. The van der Waals surface area contributed by atoms with Crippen molar-refractivity contribution in [3.8, 4) is 0 Å². The van der Waals surface area contributed by atoms with Gasteiger partial charge in [0.2, 0.25) is 5.95 Å². The van der Waals surface area contributed by atoms with Gasteiger partial charge in [0.05, 0.1) is 11.0 Å². The molecule has 3 heterocycles. The Morgan fingerprint density at radius 1 is 1.09 bits per heavy atom. The van der Waals surface area contributed by atoms with E-state index in [2.05, 4.69) is 36.9 Å². The van der Waals surface area contributed by atoms with Crippen LogP contribution in [0.1, 0.15) is 37.7 Å². The Labute approximate surface area is 194 Å². The van der Waals surface area contributed by atoms with E-state index in [4.69, 9.17) is 0 Å². The molecule has 184 valence electrons. The molecule has 12 heteroatoms. The van der Waals surface area contributed by atoms with Gasteiger partial charge >= 0.3 is 6.18 Å². The number of hydrogen-bond acceptors (Lipinski definition) is 7. The van der Waals surface area contributed by atoms with Gasteiger partial charge in [0.25, 0.3) is 0 Å². The molecule has 0 aromatic carbocycles. The Morgan fingerprint density at radius 3 is 2.30 bits per heavy atom. The van der Waals surface area contributed by atoms with E-state index in [1.807, 2.05) is 0 Å². The Kier molecular flexibility index (Phi) is 5.86. The van der Waals surface area contributed by atoms with Gasteiger partial charge in [-0.1, -0.05) is 0 Å². The first-order valence-electron chi connectivity index (χ1n) is 11.6. The maximum atomic E-state index is 13.7. The number of piperazine rings is 1. The van der Waals surface area contributed by atoms with Crippen LogP contribution < -0.4 is 14.9 Å². The zero-order valence-corrected chi connectivity index (χ0v) is 19.9. The van der Waals surface area contributed by atoms with Crippen LogP contribution in [0.4, 0.5) is 24.9 Å². The number of aromatic nitrogens is 2. The highest BCUT2D eigenvalue weighted by Crippen LogP contribution is 2.64. The van der Waals surface area contributed by atoms with Gasteiger partial charge in [0.1, 0.15) is 11.4 Å². The highest BCUT2D eigenvalue weighted by Gasteiger charge is 2.70. The summed E-state index contributed by atoms with van der Waals surface area (Å²) < 4.78 is 55.5. The van der Waals surface area contributed by atoms with Gasteiger partial charge in [-0.3, -0.25) is 4.90 Å². The van der Waals surface area contributed by atoms with Crippen molar-refractivity contribution in [1.29, 1.82) is 0 Å². The van der Waals surface area contributed by atoms with Gasteiger partial charge < -0.3 is 15.1 Å². The van der Waals surface area contributed by atoms with Crippen molar-refractivity contribution in [3.05, 3.63) is 11.8 Å². The molecule has 2 aliphatic heterocycles. The van der Waals surface area contributed by atoms with Gasteiger partial charge in [-0.15, -0.1) is 0 Å². The molecule has 8 nitrogen and oxygen atoms in total. The van der Waals surface area contributed by atoms with Crippen molar-refractivity contribution >= 4 is 22.8 Å². The minimum atomic E-state index is -4.52. The third-order valence-electron chi connectivity index (χ3n) is 7.75. The molecule has 0 spiro atoms. The fourth-order valence-electron chi connectivity index (χ4n) is 6.04. The quantitative estimate of drug-likeness (QED) is 0.632. The average molecular weight is 488 g/mol. The lowest BCUT2D eigenvalue weighted by Crippen LogP contribution is -2.82. The second-order valence-electron chi connectivity index (χ2n) is 10.2. The zero-order chi connectivity index (χ0) is 23.4. The van der Waals surface area contributed by atoms with E-state index >= 15 is 0 Å². The molecule has 1 aromatic rings. The van der Waals surface area contributed by atoms with Crippen LogP contribution in [0, 0.1) is 0 Å². The first-order chi connectivity index (χ1) is 15.6. The minimum Gasteiger partial charge on any atom is -0.356 e. The van der Waals surface area contributed by atoms with Crippen LogP contribution in [0.5, 0.6) is 0 Å². The summed E-state index contributed by atoms with van der Waals surface area (Å²) in [5.41, 5.74) is -0.648. The molecule has 1 atom stereocenters. The molecule has 1 unspecified atom stereocenters. The number of rotatable bonds is 6. The molecule has 6 rings (SSSR count). The Hall–Kier alpha value is -1.50. The number of likely N-dealkylation sites (N-methyl/N-ethyl adjacent to an activating group) is 1. The maximum absolute atomic E-state index is 13.7. The summed E-state index contributed by atoms with van der Waals surface area (Å²) in [6.07, 6.45) is 2.17. The molecular weight excluding hydrogens is 455 g/mol. The third-order valence-corrected chi connectivity index (χ3v) is 8.42. The molecule has 2 N–H and O–H groups in total. The summed E-state index contributed by atoms with van der Waals surface area (Å²) in [6, 6.07) is 0.0346. The van der Waals surface area contributed by atoms with Crippen molar-refractivity contribution < 1.29 is 17.4 Å². The maximum Gasteiger partial charge on any atom is 0.421 e. The number of piperidine rings is 1. The summed E-state index contributed by atoms with van der Waals surface area (Å²) in [5.74, 6) is 0.219. The average Bonchev–Trinajstić information content (AvgIpc) is 2.70. The first kappa shape index (κ1) is 23.3. The Morgan fingerprint density at radius 2 is 1.73 bits per heavy atom. The molecule has 2 saturated heterocycles. The third kappa shape index (κ3) is 4.46. The normalized spacial score (nSPS) is 32.2. The fourth-order valence-corrected chi connectivity index (χ4v) is 6.74. The molecule has 2 bridgehead atoms. The van der Waals surface area contributed by atoms with Gasteiger partial charge in [0.15, 0.2) is 0 Å². The zero-order valence-electron chi connectivity index (χ0n) is 19.1. The fraction of sp³-hybridized carbons (Fsp3) is 0.810. The van der Waals surface area contributed by atoms with Crippen LogP contribution in [0.3, 0.4) is 0 Å². The summed E-state index contributed by atoms with van der Waals surface area (Å²) in [5, 5.41) is 3.38. The van der Waals surface area contributed by atoms with Gasteiger partial charge in [0, 0.05) is 68.8 Å². The van der Waals surface area contributed by atoms with Crippen LogP contribution >= 0.6 is 0 Å². The van der Waals surface area contributed by atoms with Crippen molar-refractivity contribution in [1.82, 2.24) is 24.5 Å². The van der Waals surface area contributed by atoms with Crippen LogP contribution in [0.2, 0.25) is 0 Å². The molecule has 1 aromatic heterocycles. The smallest absolute Gasteiger partial charge is 0.356 e. The van der Waals surface area contributed by atoms with Crippen LogP contribution in [-0.4, -0.2) is 93.7 Å². The monoisotopic (exact) mass is 487 g/mol. The van der Waals surface area contributed by atoms with Crippen molar-refractivity contribution in [2.45, 2.75) is 55.4 Å². The van der Waals surface area contributed by atoms with Crippen molar-refractivity contribution in [3.63, 3.8) is 0 Å². The van der Waals surface area contributed by atoms with E-state index in [9.17, 15) is 17.4 Å². The van der Waals surface area contributed by atoms with E-state index in [-0.39, 0.29) is 28.9 Å². The minimum absolute atomic E-state index is 0.0346. The molecule has 33 heavy (non-hydrogen) atoms. The van der Waals surface area contributed by atoms with Gasteiger partial charge in [-0.2, -0.15) is 18.2 Å². The number of anilines is 2. The second-order valence-corrected chi connectivity index (χ2v) is 11.4. The SMILES string of the molecule is CN1CCN(C23CC(Nc4ncc(C(F)(F)F)c(N5CCC(NS(C)=O)CC5)n4)(C2)C3)CC1. The van der Waals surface area contributed by atoms with Crippen LogP contribution in [0.15, 0.2) is 6.20 Å². The van der Waals surface area contributed by atoms with E-state index in [0.717, 1.165) is 51.6 Å². The number of hydrogen-bond donors (Lipinski definition) is 2. The van der Waals surface area contributed by atoms with E-state index < -0.39 is 22.7 Å². The summed E-state index contributed by atoms with van der Waals surface area (Å²) in [6.45, 7) is 5.15. The number of halogens is 3. The second kappa shape index (κ2) is 8.31. The first-order valence-corrected chi connectivity index (χ1v) is 13.1. The van der Waals surface area contributed by atoms with Gasteiger partial charge in [-0.25, -0.2) is 13.9 Å². The van der Waals surface area contributed by atoms with E-state index in [1.165, 1.54) is 0 Å². The van der Waals surface area contributed by atoms with Crippen LogP contribution in [-0.2, 0) is 17.2 Å². The van der Waals surface area contributed by atoms with Crippen molar-refractivity contribution in [2.75, 3.05) is 62.8 Å². The van der Waals surface area contributed by atoms with Crippen LogP contribution in [0.25, 0.3) is 0 Å². The van der Waals surface area contributed by atoms with E-state index in [1.54, 1.807) is 11.2 Å². The Balaban J connectivity index is 1.26. The lowest BCUT2D eigenvalue weighted by atomic mass is 9.43. The number of nitrogens with zero attached hydrogens (tertiary/aromatic N) is 5. The Bertz CT molecular complexity index is 894. The molecule has 0 radical (unpaired) electrons. The lowest BCUT2D eigenvalue weighted by molar-refractivity contribution is -0.160. The highest BCUT2D eigenvalue weighted by molar-refractivity contribution is 7.82. The largest absolute Gasteiger partial charge is 0.421 e. The van der Waals surface area contributed by atoms with E-state index in [0.29, 0.717) is 25.9 Å². The molecule has 0 amide bonds. The standard InChI is InChI=1S/C21H32F3N7OS/c1-29-7-9-31(10-8-29)20-12-19(13-20,14-20)27-18-25-11-16(21(22,23)24)17(26-18)30-5-3-15(4-6-30)28-33(2)32/h11,15,28H,3-10,12-14H2,1-2H3,(H,25,26,27). The highest BCUT2D eigenvalue weighted by atomic mass is 32.2. The molecular formula is C21H32F3N7OS. The molecule has 3 saturated carbocycles. The predicted octanol–water partition coefficient (Wildman–Crippen LogP) is 1.68. The molecule has 3 aliphatic carbocycles. The predicted molar refractivity (Wildman–Crippen MR) is 121 cm³/mol. The summed E-state index contributed by atoms with van der Waals surface area (Å²) in [7, 11) is 1.00. The molecule has 5 fully saturated rings. The van der Waals surface area contributed by atoms with Crippen molar-refractivity contribution in [2.24, 2.45) is 0 Å². The number of alkyl halides is 3. The topological polar surface area (TPSA) is 76.6 Å². The molecule has 5 aliphatic rings.